The van der Waals surface area contributed by atoms with Gasteiger partial charge >= 0.3 is 6.09 Å². The number of carbonyl (C=O) groups is 2. The van der Waals surface area contributed by atoms with Crippen molar-refractivity contribution in [2.24, 2.45) is 0 Å². The monoisotopic (exact) mass is 420 g/mol. The molecule has 30 heavy (non-hydrogen) atoms. The van der Waals surface area contributed by atoms with Crippen molar-refractivity contribution < 1.29 is 24.2 Å². The maximum atomic E-state index is 13.0. The standard InChI is InChI=1S/C20H28N4O5.CH4/c1-6-28-15-8-7-9-24-16(12(2)21-17(15)24)18(26)22-13-10-23(11-14(13)25)19(27)29-20(3,4)5;/h7-9,13-14,25H,6,10-11H2,1-5H3,(H,22,26);1H4. The average Bonchev–Trinajstić information content (AvgIpc) is 3.14. The van der Waals surface area contributed by atoms with E-state index in [0.29, 0.717) is 29.4 Å². The van der Waals surface area contributed by atoms with Gasteiger partial charge in [0.1, 0.15) is 11.3 Å². The summed E-state index contributed by atoms with van der Waals surface area (Å²) in [6.45, 7) is 9.72. The molecule has 0 aromatic carbocycles. The van der Waals surface area contributed by atoms with Crippen LogP contribution in [0.1, 0.15) is 51.3 Å². The number of aliphatic hydroxyl groups excluding tert-OH is 1. The normalized spacial score (nSPS) is 18.8. The number of fused-ring (bicyclic) bond motifs is 1. The van der Waals surface area contributed by atoms with Crippen LogP contribution in [0.3, 0.4) is 0 Å². The highest BCUT2D eigenvalue weighted by Gasteiger charge is 2.37. The molecule has 1 aliphatic heterocycles. The summed E-state index contributed by atoms with van der Waals surface area (Å²) in [6.07, 6.45) is 0.343. The van der Waals surface area contributed by atoms with Gasteiger partial charge in [0.25, 0.3) is 5.91 Å². The molecule has 2 unspecified atom stereocenters. The number of hydrogen-bond acceptors (Lipinski definition) is 6. The largest absolute Gasteiger partial charge is 0.490 e. The third-order valence-electron chi connectivity index (χ3n) is 4.56. The molecule has 2 aromatic heterocycles. The Morgan fingerprint density at radius 3 is 2.67 bits per heavy atom. The molecule has 3 heterocycles. The van der Waals surface area contributed by atoms with E-state index < -0.39 is 23.8 Å². The third-order valence-corrected chi connectivity index (χ3v) is 4.56. The molecule has 0 bridgehead atoms. The van der Waals surface area contributed by atoms with Crippen molar-refractivity contribution in [3.05, 3.63) is 29.7 Å². The van der Waals surface area contributed by atoms with Crippen molar-refractivity contribution in [2.75, 3.05) is 19.7 Å². The van der Waals surface area contributed by atoms with Gasteiger partial charge in [-0.2, -0.15) is 0 Å². The van der Waals surface area contributed by atoms with Crippen molar-refractivity contribution in [2.45, 2.75) is 59.8 Å². The van der Waals surface area contributed by atoms with Crippen LogP contribution in [-0.4, -0.2) is 68.8 Å². The number of ether oxygens (including phenoxy) is 2. The van der Waals surface area contributed by atoms with Crippen molar-refractivity contribution in [1.29, 1.82) is 0 Å². The van der Waals surface area contributed by atoms with Gasteiger partial charge in [-0.3, -0.25) is 9.20 Å². The Kier molecular flexibility index (Phi) is 6.97. The van der Waals surface area contributed by atoms with E-state index in [1.54, 1.807) is 50.4 Å². The van der Waals surface area contributed by atoms with Gasteiger partial charge in [0.15, 0.2) is 11.4 Å². The molecule has 0 aliphatic carbocycles. The molecule has 1 saturated heterocycles. The predicted octanol–water partition coefficient (Wildman–Crippen LogP) is 2.39. The number of hydrogen-bond donors (Lipinski definition) is 2. The summed E-state index contributed by atoms with van der Waals surface area (Å²) in [6, 6.07) is 2.98. The van der Waals surface area contributed by atoms with E-state index in [4.69, 9.17) is 9.47 Å². The number of pyridine rings is 1. The molecule has 3 rings (SSSR count). The Morgan fingerprint density at radius 2 is 2.03 bits per heavy atom. The molecule has 0 saturated carbocycles. The highest BCUT2D eigenvalue weighted by Crippen LogP contribution is 2.23. The van der Waals surface area contributed by atoms with Gasteiger partial charge in [0.2, 0.25) is 0 Å². The summed E-state index contributed by atoms with van der Waals surface area (Å²) in [7, 11) is 0. The third kappa shape index (κ3) is 4.84. The van der Waals surface area contributed by atoms with Gasteiger partial charge in [-0.15, -0.1) is 0 Å². The van der Waals surface area contributed by atoms with Crippen molar-refractivity contribution in [1.82, 2.24) is 19.6 Å². The Hall–Kier alpha value is -2.81. The zero-order valence-electron chi connectivity index (χ0n) is 17.4. The number of aryl methyl sites for hydroxylation is 1. The summed E-state index contributed by atoms with van der Waals surface area (Å²) >= 11 is 0. The molecule has 9 nitrogen and oxygen atoms in total. The van der Waals surface area contributed by atoms with Crippen molar-refractivity contribution in [3.8, 4) is 5.75 Å². The molecule has 1 aliphatic rings. The van der Waals surface area contributed by atoms with Crippen LogP contribution in [0.15, 0.2) is 18.3 Å². The second-order valence-corrected chi connectivity index (χ2v) is 8.08. The lowest BCUT2D eigenvalue weighted by Gasteiger charge is -2.24. The summed E-state index contributed by atoms with van der Waals surface area (Å²) in [5.41, 5.74) is 0.838. The highest BCUT2D eigenvalue weighted by molar-refractivity contribution is 5.95. The van der Waals surface area contributed by atoms with Gasteiger partial charge < -0.3 is 24.8 Å². The maximum absolute atomic E-state index is 13.0. The predicted molar refractivity (Wildman–Crippen MR) is 113 cm³/mol. The van der Waals surface area contributed by atoms with Crippen LogP contribution in [0.2, 0.25) is 0 Å². The molecule has 166 valence electrons. The lowest BCUT2D eigenvalue weighted by Crippen LogP contribution is -2.43. The van der Waals surface area contributed by atoms with Crippen LogP contribution in [0.4, 0.5) is 4.79 Å². The zero-order valence-corrected chi connectivity index (χ0v) is 17.4. The fourth-order valence-electron chi connectivity index (χ4n) is 3.34. The van der Waals surface area contributed by atoms with Crippen LogP contribution in [0.25, 0.3) is 5.65 Å². The quantitative estimate of drug-likeness (QED) is 0.787. The maximum Gasteiger partial charge on any atom is 0.410 e. The SMILES string of the molecule is C.CCOc1cccn2c(C(=O)NC3CN(C(=O)OC(C)(C)C)CC3O)c(C)nc12. The van der Waals surface area contributed by atoms with Crippen LogP contribution >= 0.6 is 0 Å². The van der Waals surface area contributed by atoms with Gasteiger partial charge in [0, 0.05) is 12.7 Å². The second-order valence-electron chi connectivity index (χ2n) is 8.08. The van der Waals surface area contributed by atoms with Gasteiger partial charge in [-0.1, -0.05) is 7.43 Å². The number of rotatable bonds is 4. The van der Waals surface area contributed by atoms with Crippen molar-refractivity contribution in [3.63, 3.8) is 0 Å². The van der Waals surface area contributed by atoms with Crippen LogP contribution in [0.5, 0.6) is 5.75 Å². The van der Waals surface area contributed by atoms with E-state index in [1.807, 2.05) is 6.92 Å². The minimum atomic E-state index is -0.884. The molecule has 0 spiro atoms. The minimum Gasteiger partial charge on any atom is -0.490 e. The van der Waals surface area contributed by atoms with E-state index in [2.05, 4.69) is 10.3 Å². The second kappa shape index (κ2) is 8.91. The summed E-state index contributed by atoms with van der Waals surface area (Å²) < 4.78 is 12.6. The number of aliphatic hydroxyl groups is 1. The first-order chi connectivity index (χ1) is 13.6. The summed E-state index contributed by atoms with van der Waals surface area (Å²) in [4.78, 5) is 31.1. The van der Waals surface area contributed by atoms with E-state index >= 15 is 0 Å². The van der Waals surface area contributed by atoms with Gasteiger partial charge in [-0.05, 0) is 46.8 Å². The number of nitrogens with one attached hydrogen (secondary N) is 1. The first kappa shape index (κ1) is 23.5. The molecule has 2 atom stereocenters. The minimum absolute atomic E-state index is 0. The molecule has 9 heteroatoms. The smallest absolute Gasteiger partial charge is 0.410 e. The first-order valence-corrected chi connectivity index (χ1v) is 9.68. The van der Waals surface area contributed by atoms with Gasteiger partial charge in [0.05, 0.1) is 31.0 Å². The number of aromatic nitrogens is 2. The highest BCUT2D eigenvalue weighted by atomic mass is 16.6. The van der Waals surface area contributed by atoms with E-state index in [9.17, 15) is 14.7 Å². The summed E-state index contributed by atoms with van der Waals surface area (Å²) in [5.74, 6) is 0.216. The Bertz CT molecular complexity index is 918. The molecule has 1 fully saturated rings. The fraction of sp³-hybridized carbons (Fsp3) is 0.571. The molecular formula is C21H32N4O5. The van der Waals surface area contributed by atoms with E-state index in [0.717, 1.165) is 0 Å². The molecule has 0 radical (unpaired) electrons. The zero-order chi connectivity index (χ0) is 21.3. The molecular weight excluding hydrogens is 388 g/mol. The number of imidazole rings is 1. The van der Waals surface area contributed by atoms with Gasteiger partial charge in [-0.25, -0.2) is 9.78 Å². The Morgan fingerprint density at radius 1 is 1.33 bits per heavy atom. The molecule has 2 amide bonds. The number of nitrogens with zero attached hydrogens (tertiary/aromatic N) is 3. The topological polar surface area (TPSA) is 105 Å². The lowest BCUT2D eigenvalue weighted by atomic mass is 10.2. The number of carbonyl (C=O) groups excluding carboxylic acids is 2. The Balaban J connectivity index is 0.00000320. The Labute approximate surface area is 177 Å². The first-order valence-electron chi connectivity index (χ1n) is 9.68. The van der Waals surface area contributed by atoms with Crippen LogP contribution in [-0.2, 0) is 4.74 Å². The van der Waals surface area contributed by atoms with E-state index in [-0.39, 0.29) is 26.4 Å². The summed E-state index contributed by atoms with van der Waals surface area (Å²) in [5, 5.41) is 13.2. The van der Waals surface area contributed by atoms with Crippen LogP contribution in [0, 0.1) is 6.92 Å². The van der Waals surface area contributed by atoms with E-state index in [1.165, 1.54) is 4.90 Å². The lowest BCUT2D eigenvalue weighted by molar-refractivity contribution is 0.0269. The van der Waals surface area contributed by atoms with Crippen LogP contribution < -0.4 is 10.1 Å². The molecule has 2 N–H and O–H groups in total. The number of likely N-dealkylation sites (tertiary alicyclic amines) is 1. The average molecular weight is 421 g/mol. The fourth-order valence-corrected chi connectivity index (χ4v) is 3.34. The number of amides is 2. The van der Waals surface area contributed by atoms with Crippen molar-refractivity contribution >= 4 is 17.6 Å². The number of β-amino-alcohol motifs (C(OH)–C–C–N with tert-alkyl or cyclic N) is 1. The molecule has 2 aromatic rings.